The van der Waals surface area contributed by atoms with Gasteiger partial charge in [-0.05, 0) is 56.2 Å². The Morgan fingerprint density at radius 2 is 2.00 bits per heavy atom. The maximum absolute atomic E-state index is 11.5. The Bertz CT molecular complexity index is 1370. The monoisotopic (exact) mass is 488 g/mol. The van der Waals surface area contributed by atoms with E-state index in [4.69, 9.17) is 9.26 Å². The molecule has 0 unspecified atom stereocenters. The number of hydrogen-bond acceptors (Lipinski definition) is 7. The summed E-state index contributed by atoms with van der Waals surface area (Å²) < 4.78 is 13.6. The minimum Gasteiger partial charge on any atom is -0.489 e. The minimum absolute atomic E-state index is 0.112. The van der Waals surface area contributed by atoms with E-state index in [1.807, 2.05) is 54.1 Å². The van der Waals surface area contributed by atoms with Gasteiger partial charge in [-0.3, -0.25) is 4.90 Å². The Labute approximate surface area is 208 Å². The van der Waals surface area contributed by atoms with Gasteiger partial charge in [-0.2, -0.15) is 4.98 Å². The summed E-state index contributed by atoms with van der Waals surface area (Å²) in [7, 11) is 0. The largest absolute Gasteiger partial charge is 0.489 e. The van der Waals surface area contributed by atoms with Crippen LogP contribution in [0, 0.1) is 0 Å². The van der Waals surface area contributed by atoms with Gasteiger partial charge in [0.1, 0.15) is 17.7 Å². The normalized spacial score (nSPS) is 16.4. The zero-order valence-corrected chi connectivity index (χ0v) is 20.1. The predicted octanol–water partition coefficient (Wildman–Crippen LogP) is 4.84. The van der Waals surface area contributed by atoms with Crippen molar-refractivity contribution in [2.75, 3.05) is 29.4 Å². The first kappa shape index (κ1) is 22.4. The predicted molar refractivity (Wildman–Crippen MR) is 134 cm³/mol. The highest BCUT2D eigenvalue weighted by atomic mass is 16.5. The molecule has 1 aliphatic carbocycles. The van der Waals surface area contributed by atoms with Crippen molar-refractivity contribution in [1.29, 1.82) is 0 Å². The summed E-state index contributed by atoms with van der Waals surface area (Å²) in [4.78, 5) is 24.1. The van der Waals surface area contributed by atoms with E-state index in [0.29, 0.717) is 24.2 Å². The first-order valence-corrected chi connectivity index (χ1v) is 12.4. The number of nitrogens with zero attached hydrogens (tertiary/aromatic N) is 6. The molecule has 0 bridgehead atoms. The molecule has 1 amide bonds. The average molecular weight is 489 g/mol. The van der Waals surface area contributed by atoms with E-state index in [-0.39, 0.29) is 6.10 Å². The van der Waals surface area contributed by atoms with Gasteiger partial charge in [0.15, 0.2) is 5.82 Å². The van der Waals surface area contributed by atoms with Gasteiger partial charge in [-0.25, -0.2) is 9.78 Å². The van der Waals surface area contributed by atoms with Crippen LogP contribution < -0.4 is 14.5 Å². The number of carbonyl (C=O) groups is 1. The van der Waals surface area contributed by atoms with Crippen LogP contribution in [0.1, 0.15) is 44.3 Å². The molecule has 0 spiro atoms. The van der Waals surface area contributed by atoms with Crippen molar-refractivity contribution < 1.29 is 19.2 Å². The number of amides is 1. The number of piperidine rings is 1. The van der Waals surface area contributed by atoms with E-state index < -0.39 is 6.09 Å². The second kappa shape index (κ2) is 9.18. The first-order valence-electron chi connectivity index (χ1n) is 12.4. The van der Waals surface area contributed by atoms with Gasteiger partial charge in [0.05, 0.1) is 11.7 Å². The van der Waals surface area contributed by atoms with Gasteiger partial charge in [0.2, 0.25) is 0 Å². The van der Waals surface area contributed by atoms with Gasteiger partial charge in [-0.15, -0.1) is 0 Å². The fraction of sp³-hybridized carbons (Fsp3) is 0.385. The summed E-state index contributed by atoms with van der Waals surface area (Å²) in [6, 6.07) is 12.1. The first-order chi connectivity index (χ1) is 17.6. The van der Waals surface area contributed by atoms with Crippen molar-refractivity contribution in [2.24, 2.45) is 0 Å². The molecule has 6 rings (SSSR count). The standard InChI is InChI=1S/C26H28N6O4/c1-2-31(26(33)34)19-5-7-22-18(15-19)9-14-32(22)23-8-6-21(16-27-23)35-20-10-12-30(13-11-20)25-28-24(29-36-25)17-3-4-17/h5-9,14-17,20H,2-4,10-13H2,1H3,(H,33,34). The van der Waals surface area contributed by atoms with Crippen LogP contribution in [0.4, 0.5) is 16.5 Å². The van der Waals surface area contributed by atoms with E-state index in [1.165, 1.54) is 4.90 Å². The van der Waals surface area contributed by atoms with Gasteiger partial charge in [0, 0.05) is 55.7 Å². The quantitative estimate of drug-likeness (QED) is 0.394. The second-order valence-corrected chi connectivity index (χ2v) is 9.32. The molecule has 2 fully saturated rings. The van der Waals surface area contributed by atoms with Gasteiger partial charge < -0.3 is 23.8 Å². The molecule has 186 valence electrons. The van der Waals surface area contributed by atoms with Crippen LogP contribution in [0.2, 0.25) is 0 Å². The van der Waals surface area contributed by atoms with E-state index in [0.717, 1.165) is 67.1 Å². The van der Waals surface area contributed by atoms with Crippen LogP contribution >= 0.6 is 0 Å². The second-order valence-electron chi connectivity index (χ2n) is 9.32. The molecule has 3 aromatic heterocycles. The van der Waals surface area contributed by atoms with E-state index >= 15 is 0 Å². The number of fused-ring (bicyclic) bond motifs is 1. The smallest absolute Gasteiger partial charge is 0.411 e. The molecule has 1 aliphatic heterocycles. The van der Waals surface area contributed by atoms with Gasteiger partial charge in [-0.1, -0.05) is 5.16 Å². The Balaban J connectivity index is 1.09. The van der Waals surface area contributed by atoms with Crippen LogP contribution in [-0.2, 0) is 0 Å². The van der Waals surface area contributed by atoms with Crippen molar-refractivity contribution in [3.8, 4) is 11.6 Å². The number of carboxylic acid groups (broad SMARTS) is 1. The van der Waals surface area contributed by atoms with E-state index in [2.05, 4.69) is 20.0 Å². The summed E-state index contributed by atoms with van der Waals surface area (Å²) in [5.74, 6) is 2.84. The summed E-state index contributed by atoms with van der Waals surface area (Å²) in [6.07, 6.45) is 6.91. The third kappa shape index (κ3) is 4.34. The van der Waals surface area contributed by atoms with E-state index in [9.17, 15) is 9.90 Å². The average Bonchev–Trinajstić information content (AvgIpc) is 3.47. The van der Waals surface area contributed by atoms with Crippen LogP contribution in [0.5, 0.6) is 5.75 Å². The Kier molecular flexibility index (Phi) is 5.71. The maximum Gasteiger partial charge on any atom is 0.411 e. The number of hydrogen-bond donors (Lipinski definition) is 1. The topological polar surface area (TPSA) is 110 Å². The van der Waals surface area contributed by atoms with Crippen molar-refractivity contribution in [1.82, 2.24) is 19.7 Å². The number of rotatable bonds is 7. The maximum atomic E-state index is 11.5. The summed E-state index contributed by atoms with van der Waals surface area (Å²) in [5.41, 5.74) is 1.61. The highest BCUT2D eigenvalue weighted by molar-refractivity contribution is 5.91. The molecule has 36 heavy (non-hydrogen) atoms. The van der Waals surface area contributed by atoms with Crippen LogP contribution in [0.15, 0.2) is 53.3 Å². The summed E-state index contributed by atoms with van der Waals surface area (Å²) in [5, 5.41) is 14.5. The minimum atomic E-state index is -0.962. The Morgan fingerprint density at radius 1 is 1.17 bits per heavy atom. The lowest BCUT2D eigenvalue weighted by Gasteiger charge is -2.30. The third-order valence-electron chi connectivity index (χ3n) is 6.89. The Morgan fingerprint density at radius 3 is 2.69 bits per heavy atom. The number of aromatic nitrogens is 4. The zero-order chi connectivity index (χ0) is 24.6. The van der Waals surface area contributed by atoms with Crippen molar-refractivity contribution in [3.63, 3.8) is 0 Å². The van der Waals surface area contributed by atoms with Crippen LogP contribution in [0.25, 0.3) is 16.7 Å². The van der Waals surface area contributed by atoms with Gasteiger partial charge in [0.25, 0.3) is 0 Å². The zero-order valence-electron chi connectivity index (χ0n) is 20.1. The highest BCUT2D eigenvalue weighted by Crippen LogP contribution is 2.39. The van der Waals surface area contributed by atoms with Crippen molar-refractivity contribution in [2.45, 2.75) is 44.6 Å². The SMILES string of the molecule is CCN(C(=O)O)c1ccc2c(ccn2-c2ccc(OC3CCN(c4nc(C5CC5)no4)CC3)cn2)c1. The summed E-state index contributed by atoms with van der Waals surface area (Å²) in [6.45, 7) is 3.84. The van der Waals surface area contributed by atoms with Crippen LogP contribution in [0.3, 0.4) is 0 Å². The molecule has 1 saturated carbocycles. The third-order valence-corrected chi connectivity index (χ3v) is 6.89. The van der Waals surface area contributed by atoms with Crippen molar-refractivity contribution >= 4 is 28.7 Å². The molecule has 10 nitrogen and oxygen atoms in total. The lowest BCUT2D eigenvalue weighted by molar-refractivity contribution is 0.168. The number of pyridine rings is 1. The molecule has 1 saturated heterocycles. The number of ether oxygens (including phenoxy) is 1. The molecule has 4 aromatic rings. The fourth-order valence-corrected chi connectivity index (χ4v) is 4.73. The molecule has 4 heterocycles. The van der Waals surface area contributed by atoms with Crippen molar-refractivity contribution in [3.05, 3.63) is 54.6 Å². The number of benzene rings is 1. The lowest BCUT2D eigenvalue weighted by atomic mass is 10.1. The highest BCUT2D eigenvalue weighted by Gasteiger charge is 2.31. The lowest BCUT2D eigenvalue weighted by Crippen LogP contribution is -2.38. The van der Waals surface area contributed by atoms with E-state index in [1.54, 1.807) is 6.20 Å². The van der Waals surface area contributed by atoms with Gasteiger partial charge >= 0.3 is 12.1 Å². The molecule has 2 aliphatic rings. The molecule has 0 atom stereocenters. The molecule has 1 aromatic carbocycles. The molecular weight excluding hydrogens is 460 g/mol. The molecule has 10 heteroatoms. The molecule has 0 radical (unpaired) electrons. The van der Waals surface area contributed by atoms with Crippen LogP contribution in [-0.4, -0.2) is 56.6 Å². The summed E-state index contributed by atoms with van der Waals surface area (Å²) >= 11 is 0. The number of anilines is 2. The fourth-order valence-electron chi connectivity index (χ4n) is 4.73. The Hall–Kier alpha value is -4.08. The molecule has 1 N–H and O–H groups in total. The molecular formula is C26H28N6O4.